The van der Waals surface area contributed by atoms with E-state index in [1.807, 2.05) is 6.92 Å². The number of aliphatic hydroxyl groups is 1. The zero-order valence-corrected chi connectivity index (χ0v) is 18.6. The van der Waals surface area contributed by atoms with Crippen molar-refractivity contribution in [1.82, 2.24) is 0 Å². The Morgan fingerprint density at radius 3 is 2.38 bits per heavy atom. The van der Waals surface area contributed by atoms with E-state index in [0.29, 0.717) is 25.0 Å². The second kappa shape index (κ2) is 8.35. The molecule has 0 aromatic heterocycles. The molecule has 2 N–H and O–H groups in total. The molecule has 5 nitrogen and oxygen atoms in total. The van der Waals surface area contributed by atoms with Gasteiger partial charge in [-0.05, 0) is 55.2 Å². The van der Waals surface area contributed by atoms with Gasteiger partial charge < -0.3 is 10.4 Å². The molecular weight excluding hydrogens is 467 g/mol. The summed E-state index contributed by atoms with van der Waals surface area (Å²) in [5.74, 6) is -5.43. The predicted octanol–water partition coefficient (Wildman–Crippen LogP) is 4.58. The van der Waals surface area contributed by atoms with Crippen molar-refractivity contribution in [3.63, 3.8) is 0 Å². The number of halogens is 4. The van der Waals surface area contributed by atoms with Crippen molar-refractivity contribution < 1.29 is 31.5 Å². The fourth-order valence-corrected chi connectivity index (χ4v) is 7.36. The first-order chi connectivity index (χ1) is 15.0. The Morgan fingerprint density at radius 2 is 1.75 bits per heavy atom. The molecule has 2 aromatic rings. The number of aliphatic hydroxyl groups excluding tert-OH is 1. The number of nitrogens with one attached hydrogen (secondary N) is 1. The molecule has 1 amide bonds. The summed E-state index contributed by atoms with van der Waals surface area (Å²) in [4.78, 5) is 12.4. The summed E-state index contributed by atoms with van der Waals surface area (Å²) in [5, 5.41) is 11.8. The standard InChI is InChI=1S/C22H21ClF3NO4S/c1-10-4-12-5-14(9-15(10)21(12)28)32(30,31)19-6-11(2-3-16(19)23)22(29)27-13-7-17(24)20(26)18(25)8-13/h2-3,6-8,10,12,14-15,21,28H,4-5,9H2,1H3,(H,27,29)/t10-,12?,14-,15?,21+/m0/s1. The highest BCUT2D eigenvalue weighted by Gasteiger charge is 2.49. The molecule has 0 saturated heterocycles. The zero-order chi connectivity index (χ0) is 23.4. The van der Waals surface area contributed by atoms with Crippen LogP contribution in [-0.2, 0) is 9.84 Å². The van der Waals surface area contributed by atoms with E-state index in [2.05, 4.69) is 5.32 Å². The molecule has 172 valence electrons. The van der Waals surface area contributed by atoms with E-state index in [0.717, 1.165) is 12.5 Å². The van der Waals surface area contributed by atoms with E-state index < -0.39 is 44.5 Å². The predicted molar refractivity (Wildman–Crippen MR) is 113 cm³/mol. The van der Waals surface area contributed by atoms with Crippen LogP contribution in [0, 0.1) is 35.2 Å². The van der Waals surface area contributed by atoms with Crippen LogP contribution in [0.5, 0.6) is 0 Å². The molecule has 2 aromatic carbocycles. The van der Waals surface area contributed by atoms with E-state index >= 15 is 0 Å². The minimum Gasteiger partial charge on any atom is -0.393 e. The van der Waals surface area contributed by atoms with E-state index in [4.69, 9.17) is 11.6 Å². The van der Waals surface area contributed by atoms with Gasteiger partial charge in [0.1, 0.15) is 0 Å². The number of hydrogen-bond donors (Lipinski definition) is 2. The van der Waals surface area contributed by atoms with Crippen LogP contribution in [0.3, 0.4) is 0 Å². The Bertz CT molecular complexity index is 1170. The average molecular weight is 488 g/mol. The van der Waals surface area contributed by atoms with Gasteiger partial charge in [-0.3, -0.25) is 4.79 Å². The molecule has 0 spiro atoms. The van der Waals surface area contributed by atoms with Crippen molar-refractivity contribution in [1.29, 1.82) is 0 Å². The Morgan fingerprint density at radius 1 is 1.09 bits per heavy atom. The second-order valence-electron chi connectivity index (χ2n) is 8.62. The van der Waals surface area contributed by atoms with E-state index in [1.165, 1.54) is 12.1 Å². The topological polar surface area (TPSA) is 83.5 Å². The number of benzene rings is 2. The molecule has 0 heterocycles. The van der Waals surface area contributed by atoms with Crippen molar-refractivity contribution in [2.45, 2.75) is 42.4 Å². The lowest BCUT2D eigenvalue weighted by molar-refractivity contribution is 0.0552. The first kappa shape index (κ1) is 23.1. The fraction of sp³-hybridized carbons (Fsp3) is 0.409. The molecule has 2 aliphatic carbocycles. The molecule has 4 rings (SSSR count). The van der Waals surface area contributed by atoms with Crippen LogP contribution in [0.4, 0.5) is 18.9 Å². The normalized spacial score (nSPS) is 27.4. The molecule has 2 unspecified atom stereocenters. The van der Waals surface area contributed by atoms with E-state index in [9.17, 15) is 31.5 Å². The largest absolute Gasteiger partial charge is 0.393 e. The number of fused-ring (bicyclic) bond motifs is 2. The number of amides is 1. The smallest absolute Gasteiger partial charge is 0.255 e. The molecule has 32 heavy (non-hydrogen) atoms. The van der Waals surface area contributed by atoms with Crippen molar-refractivity contribution >= 4 is 33.0 Å². The highest BCUT2D eigenvalue weighted by Crippen LogP contribution is 2.48. The highest BCUT2D eigenvalue weighted by atomic mass is 35.5. The summed E-state index contributed by atoms with van der Waals surface area (Å²) in [7, 11) is -3.91. The second-order valence-corrected chi connectivity index (χ2v) is 11.2. The fourth-order valence-electron chi connectivity index (χ4n) is 4.95. The molecule has 2 fully saturated rings. The monoisotopic (exact) mass is 487 g/mol. The number of carbonyl (C=O) groups excluding carboxylic acids is 1. The summed E-state index contributed by atoms with van der Waals surface area (Å²) in [6.45, 7) is 2.00. The van der Waals surface area contributed by atoms with Crippen LogP contribution in [0.2, 0.25) is 5.02 Å². The highest BCUT2D eigenvalue weighted by molar-refractivity contribution is 7.92. The molecular formula is C22H21ClF3NO4S. The number of rotatable bonds is 4. The van der Waals surface area contributed by atoms with E-state index in [1.54, 1.807) is 0 Å². The third-order valence-electron chi connectivity index (χ3n) is 6.61. The molecule has 2 aliphatic rings. The first-order valence-corrected chi connectivity index (χ1v) is 12.1. The third kappa shape index (κ3) is 4.02. The third-order valence-corrected chi connectivity index (χ3v) is 9.26. The molecule has 2 saturated carbocycles. The van der Waals surface area contributed by atoms with Crippen LogP contribution in [0.1, 0.15) is 36.5 Å². The van der Waals surface area contributed by atoms with E-state index in [-0.39, 0.29) is 38.9 Å². The lowest BCUT2D eigenvalue weighted by Gasteiger charge is -2.32. The van der Waals surface area contributed by atoms with Crippen LogP contribution in [0.15, 0.2) is 35.2 Å². The maximum absolute atomic E-state index is 13.4. The maximum Gasteiger partial charge on any atom is 0.255 e. The summed E-state index contributed by atoms with van der Waals surface area (Å²) in [6.07, 6.45) is 0.868. The summed E-state index contributed by atoms with van der Waals surface area (Å²) in [6, 6.07) is 4.91. The van der Waals surface area contributed by atoms with Crippen LogP contribution < -0.4 is 5.32 Å². The minimum atomic E-state index is -3.91. The average Bonchev–Trinajstić information content (AvgIpc) is 2.87. The van der Waals surface area contributed by atoms with Crippen molar-refractivity contribution in [2.75, 3.05) is 5.32 Å². The first-order valence-electron chi connectivity index (χ1n) is 10.2. The van der Waals surface area contributed by atoms with Gasteiger partial charge >= 0.3 is 0 Å². The minimum absolute atomic E-state index is 0.0491. The summed E-state index contributed by atoms with van der Waals surface area (Å²) >= 11 is 6.17. The number of hydrogen-bond acceptors (Lipinski definition) is 4. The van der Waals surface area contributed by atoms with Gasteiger partial charge in [-0.1, -0.05) is 18.5 Å². The number of sulfone groups is 1. The van der Waals surface area contributed by atoms with Crippen LogP contribution in [0.25, 0.3) is 0 Å². The van der Waals surface area contributed by atoms with Crippen molar-refractivity contribution in [2.24, 2.45) is 17.8 Å². The SMILES string of the molecule is C[C@H]1CC2C[C@H](S(=O)(=O)c3cc(C(=O)Nc4cc(F)c(F)c(F)c4)ccc3Cl)CC1[C@@H]2O. The van der Waals surface area contributed by atoms with Gasteiger partial charge in [0.2, 0.25) is 0 Å². The van der Waals surface area contributed by atoms with Crippen LogP contribution >= 0.6 is 11.6 Å². The van der Waals surface area contributed by atoms with Crippen LogP contribution in [-0.4, -0.2) is 30.8 Å². The summed E-state index contributed by atoms with van der Waals surface area (Å²) in [5.41, 5.74) is -0.414. The van der Waals surface area contributed by atoms with Gasteiger partial charge in [-0.2, -0.15) is 0 Å². The van der Waals surface area contributed by atoms with Gasteiger partial charge in [-0.25, -0.2) is 21.6 Å². The van der Waals surface area contributed by atoms with Gasteiger partial charge in [0.25, 0.3) is 5.91 Å². The number of carbonyl (C=O) groups is 1. The van der Waals surface area contributed by atoms with Gasteiger partial charge in [0, 0.05) is 23.4 Å². The summed E-state index contributed by atoms with van der Waals surface area (Å²) < 4.78 is 66.7. The quantitative estimate of drug-likeness (QED) is 0.618. The molecule has 10 heteroatoms. The molecule has 5 atom stereocenters. The lowest BCUT2D eigenvalue weighted by Crippen LogP contribution is -2.38. The molecule has 2 bridgehead atoms. The van der Waals surface area contributed by atoms with Gasteiger partial charge in [0.05, 0.1) is 21.3 Å². The Balaban J connectivity index is 1.61. The van der Waals surface area contributed by atoms with Crippen molar-refractivity contribution in [3.8, 4) is 0 Å². The van der Waals surface area contributed by atoms with Crippen molar-refractivity contribution in [3.05, 3.63) is 58.4 Å². The Labute approximate surface area is 188 Å². The zero-order valence-electron chi connectivity index (χ0n) is 17.0. The van der Waals surface area contributed by atoms with Gasteiger partial charge in [0.15, 0.2) is 27.3 Å². The lowest BCUT2D eigenvalue weighted by atomic mass is 9.84. The maximum atomic E-state index is 13.4. The Kier molecular flexibility index (Phi) is 6.02. The molecule has 0 radical (unpaired) electrons. The Hall–Kier alpha value is -2.10. The van der Waals surface area contributed by atoms with Gasteiger partial charge in [-0.15, -0.1) is 0 Å². The molecule has 0 aliphatic heterocycles. The number of anilines is 1.